The molecule has 0 unspecified atom stereocenters. The van der Waals surface area contributed by atoms with Crippen LogP contribution >= 0.6 is 22.6 Å². The van der Waals surface area contributed by atoms with Gasteiger partial charge in [0.25, 0.3) is 5.91 Å². The number of aromatic amines is 1. The Kier molecular flexibility index (Phi) is 12.8. The van der Waals surface area contributed by atoms with E-state index in [0.717, 1.165) is 50.5 Å². The molecule has 1 amide bonds. The van der Waals surface area contributed by atoms with Crippen molar-refractivity contribution in [3.63, 3.8) is 0 Å². The van der Waals surface area contributed by atoms with Crippen molar-refractivity contribution in [3.8, 4) is 11.4 Å². The molecule has 6 aromatic rings. The van der Waals surface area contributed by atoms with Gasteiger partial charge in [-0.05, 0) is 135 Å². The Morgan fingerprint density at radius 1 is 0.690 bits per heavy atom. The van der Waals surface area contributed by atoms with Crippen LogP contribution in [0.1, 0.15) is 121 Å². The van der Waals surface area contributed by atoms with Gasteiger partial charge in [-0.3, -0.25) is 4.79 Å². The summed E-state index contributed by atoms with van der Waals surface area (Å²) in [6.45, 7) is 5.28. The van der Waals surface area contributed by atoms with Crippen molar-refractivity contribution >= 4 is 40.4 Å². The zero-order valence-electron chi connectivity index (χ0n) is 31.8. The lowest BCUT2D eigenvalue weighted by Crippen LogP contribution is -2.14. The molecule has 3 aliphatic carbocycles. The summed E-state index contributed by atoms with van der Waals surface area (Å²) >= 11 is 1.97. The summed E-state index contributed by atoms with van der Waals surface area (Å²) in [6, 6.07) is 7.96. The normalized spacial score (nSPS) is 14.3. The van der Waals surface area contributed by atoms with E-state index in [1.54, 1.807) is 44.3 Å². The number of rotatable bonds is 8. The number of amides is 1. The molecule has 3 aromatic carbocycles. The SMILES string of the molecule is Cc1cc(F)c(C(=O)O)cc1-n1cnc(C2CC2)c1.Cc1cc(F)c(C(=O)O)cc1I.Cc1cc(F)c(C(N)=O)cc1-n1cnc(C2CC2)c1.c1ncc(C2CC2)[nH]1. The lowest BCUT2D eigenvalue weighted by molar-refractivity contribution is 0.0680. The first kappa shape index (κ1) is 41.8. The second kappa shape index (κ2) is 17.8. The van der Waals surface area contributed by atoms with Crippen LogP contribution in [0.3, 0.4) is 0 Å². The highest BCUT2D eigenvalue weighted by molar-refractivity contribution is 14.1. The van der Waals surface area contributed by atoms with Gasteiger partial charge in [0.15, 0.2) is 0 Å². The molecule has 3 saturated carbocycles. The average molecular weight is 908 g/mol. The van der Waals surface area contributed by atoms with Crippen molar-refractivity contribution in [1.82, 2.24) is 29.1 Å². The number of aryl methyl sites for hydroxylation is 3. The van der Waals surface area contributed by atoms with E-state index >= 15 is 0 Å². The van der Waals surface area contributed by atoms with Crippen LogP contribution in [0.5, 0.6) is 0 Å². The number of imidazole rings is 3. The number of aromatic nitrogens is 6. The number of hydrogen-bond acceptors (Lipinski definition) is 6. The predicted molar refractivity (Wildman–Crippen MR) is 217 cm³/mol. The molecule has 0 saturated heterocycles. The van der Waals surface area contributed by atoms with E-state index in [1.165, 1.54) is 67.8 Å². The number of H-pyrrole nitrogens is 1. The first-order chi connectivity index (χ1) is 27.6. The van der Waals surface area contributed by atoms with Gasteiger partial charge in [-0.1, -0.05) is 0 Å². The summed E-state index contributed by atoms with van der Waals surface area (Å²) in [7, 11) is 0. The molecule has 3 heterocycles. The Morgan fingerprint density at radius 3 is 1.53 bits per heavy atom. The molecule has 16 heteroatoms. The van der Waals surface area contributed by atoms with Crippen LogP contribution in [0.15, 0.2) is 74.0 Å². The van der Waals surface area contributed by atoms with Gasteiger partial charge in [0, 0.05) is 45.6 Å². The number of halogens is 4. The molecule has 3 fully saturated rings. The molecule has 12 nitrogen and oxygen atoms in total. The minimum Gasteiger partial charge on any atom is -0.478 e. The van der Waals surface area contributed by atoms with E-state index < -0.39 is 35.3 Å². The highest BCUT2D eigenvalue weighted by atomic mass is 127. The molecule has 0 bridgehead atoms. The topological polar surface area (TPSA) is 182 Å². The third kappa shape index (κ3) is 10.4. The molecule has 3 aliphatic rings. The molecule has 302 valence electrons. The van der Waals surface area contributed by atoms with Crippen LogP contribution in [0.2, 0.25) is 0 Å². The lowest BCUT2D eigenvalue weighted by atomic mass is 10.1. The molecule has 0 spiro atoms. The number of carboxylic acids is 2. The number of aromatic carboxylic acids is 2. The Balaban J connectivity index is 0.000000137. The molecule has 5 N–H and O–H groups in total. The number of carboxylic acid groups (broad SMARTS) is 2. The maximum absolute atomic E-state index is 13.6. The van der Waals surface area contributed by atoms with Gasteiger partial charge in [0.1, 0.15) is 17.5 Å². The van der Waals surface area contributed by atoms with Gasteiger partial charge >= 0.3 is 11.9 Å². The van der Waals surface area contributed by atoms with Gasteiger partial charge in [-0.2, -0.15) is 0 Å². The van der Waals surface area contributed by atoms with E-state index in [2.05, 4.69) is 19.9 Å². The minimum absolute atomic E-state index is 0.0951. The summed E-state index contributed by atoms with van der Waals surface area (Å²) in [5, 5.41) is 17.5. The number of nitrogens with two attached hydrogens (primary N) is 1. The summed E-state index contributed by atoms with van der Waals surface area (Å²) < 4.78 is 44.4. The van der Waals surface area contributed by atoms with E-state index in [4.69, 9.17) is 15.9 Å². The first-order valence-electron chi connectivity index (χ1n) is 18.5. The summed E-state index contributed by atoms with van der Waals surface area (Å²) in [4.78, 5) is 48.3. The monoisotopic (exact) mass is 907 g/mol. The van der Waals surface area contributed by atoms with Crippen LogP contribution in [0.25, 0.3) is 11.4 Å². The molecular formula is C42H41F3IN7O5. The lowest BCUT2D eigenvalue weighted by Gasteiger charge is -2.09. The Labute approximate surface area is 345 Å². The largest absolute Gasteiger partial charge is 0.478 e. The van der Waals surface area contributed by atoms with Gasteiger partial charge in [0.2, 0.25) is 0 Å². The molecular weight excluding hydrogens is 866 g/mol. The summed E-state index contributed by atoms with van der Waals surface area (Å²) in [5.41, 5.74) is 11.4. The van der Waals surface area contributed by atoms with Crippen LogP contribution in [0, 0.1) is 41.8 Å². The maximum atomic E-state index is 13.6. The highest BCUT2D eigenvalue weighted by Gasteiger charge is 2.27. The maximum Gasteiger partial charge on any atom is 0.338 e. The molecule has 58 heavy (non-hydrogen) atoms. The third-order valence-electron chi connectivity index (χ3n) is 9.84. The Bertz CT molecular complexity index is 2360. The number of carbonyl (C=O) groups excluding carboxylic acids is 1. The third-order valence-corrected chi connectivity index (χ3v) is 11.0. The Morgan fingerprint density at radius 2 is 1.12 bits per heavy atom. The fourth-order valence-corrected chi connectivity index (χ4v) is 6.51. The molecule has 9 rings (SSSR count). The van der Waals surface area contributed by atoms with Gasteiger partial charge in [0.05, 0.1) is 58.4 Å². The second-order valence-corrected chi connectivity index (χ2v) is 15.7. The zero-order valence-corrected chi connectivity index (χ0v) is 34.0. The van der Waals surface area contributed by atoms with E-state index in [0.29, 0.717) is 23.1 Å². The van der Waals surface area contributed by atoms with Gasteiger partial charge in [-0.15, -0.1) is 0 Å². The van der Waals surface area contributed by atoms with Crippen LogP contribution < -0.4 is 5.73 Å². The van der Waals surface area contributed by atoms with Crippen molar-refractivity contribution in [3.05, 3.63) is 145 Å². The van der Waals surface area contributed by atoms with Crippen LogP contribution in [0.4, 0.5) is 13.2 Å². The van der Waals surface area contributed by atoms with Crippen molar-refractivity contribution in [2.75, 3.05) is 0 Å². The second-order valence-electron chi connectivity index (χ2n) is 14.5. The standard InChI is InChI=1S/C14H14FN3O.C14H13FN2O2.C8H6FIO2.C6H8N2/c1-8-4-11(15)10(14(16)19)5-13(8)18-6-12(17-7-18)9-2-3-9;1-8-4-11(15)10(14(18)19)5-13(8)17-6-12(16-7-17)9-2-3-9;1-4-2-6(9)5(8(11)12)3-7(4)10;1-2-5(1)6-3-7-4-8-6/h4-7,9H,2-3H2,1H3,(H2,16,19);4-7,9H,2-3H2,1H3,(H,18,19);2-3H,1H3,(H,11,12);3-5H,1-2H2,(H,7,8). The number of hydrogen-bond donors (Lipinski definition) is 4. The van der Waals surface area contributed by atoms with Crippen LogP contribution in [-0.4, -0.2) is 57.1 Å². The smallest absolute Gasteiger partial charge is 0.338 e. The number of carbonyl (C=O) groups is 3. The minimum atomic E-state index is -1.26. The quantitative estimate of drug-likeness (QED) is 0.109. The molecule has 0 atom stereocenters. The van der Waals surface area contributed by atoms with Crippen molar-refractivity contribution < 1.29 is 37.8 Å². The van der Waals surface area contributed by atoms with E-state index in [-0.39, 0.29) is 16.7 Å². The van der Waals surface area contributed by atoms with Crippen molar-refractivity contribution in [2.24, 2.45) is 5.73 Å². The molecule has 3 aromatic heterocycles. The number of primary amides is 1. The van der Waals surface area contributed by atoms with Gasteiger partial charge in [-0.25, -0.2) is 37.7 Å². The van der Waals surface area contributed by atoms with E-state index in [1.807, 2.05) is 45.7 Å². The summed E-state index contributed by atoms with van der Waals surface area (Å²) in [6.07, 6.45) is 18.2. The van der Waals surface area contributed by atoms with Crippen molar-refractivity contribution in [2.45, 2.75) is 77.0 Å². The predicted octanol–water partition coefficient (Wildman–Crippen LogP) is 8.92. The molecule has 0 aliphatic heterocycles. The number of nitrogens with zero attached hydrogens (tertiary/aromatic N) is 5. The first-order valence-corrected chi connectivity index (χ1v) is 19.6. The number of benzene rings is 3. The molecule has 0 radical (unpaired) electrons. The fourth-order valence-electron chi connectivity index (χ4n) is 6.05. The van der Waals surface area contributed by atoms with Gasteiger partial charge < -0.3 is 30.1 Å². The van der Waals surface area contributed by atoms with Crippen LogP contribution in [-0.2, 0) is 0 Å². The Hall–Kier alpha value is -5.78. The zero-order chi connectivity index (χ0) is 41.8. The van der Waals surface area contributed by atoms with Crippen molar-refractivity contribution in [1.29, 1.82) is 0 Å². The number of nitrogens with one attached hydrogen (secondary N) is 1. The fraction of sp³-hybridized carbons (Fsp3) is 0.286. The summed E-state index contributed by atoms with van der Waals surface area (Å²) in [5.74, 6) is -3.34. The average Bonchev–Trinajstić information content (AvgIpc) is 4.15. The highest BCUT2D eigenvalue weighted by Crippen LogP contribution is 2.40. The van der Waals surface area contributed by atoms with E-state index in [9.17, 15) is 27.6 Å².